The Hall–Kier alpha value is -1.59. The Bertz CT molecular complexity index is 690. The van der Waals surface area contributed by atoms with Gasteiger partial charge in [-0.2, -0.15) is 0 Å². The number of piperidine rings is 1. The Labute approximate surface area is 148 Å². The second kappa shape index (κ2) is 7.53. The zero-order valence-electron chi connectivity index (χ0n) is 14.8. The average molecular weight is 346 g/mol. The molecular weight excluding hydrogens is 318 g/mol. The predicted octanol–water partition coefficient (Wildman–Crippen LogP) is 3.62. The number of carbonyl (C=O) groups is 1. The van der Waals surface area contributed by atoms with E-state index in [0.29, 0.717) is 5.92 Å². The van der Waals surface area contributed by atoms with Gasteiger partial charge in [-0.25, -0.2) is 0 Å². The quantitative estimate of drug-likeness (QED) is 0.899. The van der Waals surface area contributed by atoms with E-state index < -0.39 is 0 Å². The molecule has 1 aliphatic rings. The first-order valence-corrected chi connectivity index (χ1v) is 9.65. The molecule has 1 amide bonds. The molecule has 1 unspecified atom stereocenters. The molecule has 1 atom stereocenters. The fourth-order valence-electron chi connectivity index (χ4n) is 3.46. The molecule has 4 nitrogen and oxygen atoms in total. The van der Waals surface area contributed by atoms with Crippen molar-refractivity contribution in [2.75, 3.05) is 26.2 Å². The summed E-state index contributed by atoms with van der Waals surface area (Å²) in [6.07, 6.45) is 6.45. The monoisotopic (exact) mass is 345 g/mol. The van der Waals surface area contributed by atoms with Crippen LogP contribution in [0.15, 0.2) is 24.5 Å². The molecule has 0 aromatic carbocycles. The average Bonchev–Trinajstić information content (AvgIpc) is 3.22. The summed E-state index contributed by atoms with van der Waals surface area (Å²) < 4.78 is 2.04. The van der Waals surface area contributed by atoms with Crippen molar-refractivity contribution in [3.8, 4) is 5.00 Å². The van der Waals surface area contributed by atoms with E-state index in [-0.39, 0.29) is 5.91 Å². The van der Waals surface area contributed by atoms with Crippen LogP contribution < -0.4 is 5.32 Å². The molecule has 0 aliphatic carbocycles. The van der Waals surface area contributed by atoms with Gasteiger partial charge in [-0.05, 0) is 63.4 Å². The molecule has 2 aromatic heterocycles. The first kappa shape index (κ1) is 17.2. The molecule has 3 rings (SSSR count). The van der Waals surface area contributed by atoms with E-state index in [1.54, 1.807) is 11.3 Å². The Morgan fingerprint density at radius 1 is 1.33 bits per heavy atom. The largest absolute Gasteiger partial charge is 0.352 e. The van der Waals surface area contributed by atoms with Crippen molar-refractivity contribution < 1.29 is 4.79 Å². The van der Waals surface area contributed by atoms with Gasteiger partial charge in [0, 0.05) is 30.4 Å². The fourth-order valence-corrected chi connectivity index (χ4v) is 4.58. The van der Waals surface area contributed by atoms with Crippen LogP contribution in [0.2, 0.25) is 0 Å². The van der Waals surface area contributed by atoms with Gasteiger partial charge in [0.25, 0.3) is 5.91 Å². The van der Waals surface area contributed by atoms with Crippen LogP contribution in [0.5, 0.6) is 0 Å². The van der Waals surface area contributed by atoms with Gasteiger partial charge in [-0.3, -0.25) is 4.79 Å². The van der Waals surface area contributed by atoms with E-state index >= 15 is 0 Å². The van der Waals surface area contributed by atoms with Crippen LogP contribution in [0.3, 0.4) is 0 Å². The summed E-state index contributed by atoms with van der Waals surface area (Å²) in [5, 5.41) is 4.22. The van der Waals surface area contributed by atoms with Crippen LogP contribution in [0, 0.1) is 19.8 Å². The Morgan fingerprint density at radius 3 is 2.79 bits per heavy atom. The van der Waals surface area contributed by atoms with E-state index in [1.807, 2.05) is 36.0 Å². The first-order chi connectivity index (χ1) is 11.6. The van der Waals surface area contributed by atoms with Gasteiger partial charge in [-0.1, -0.05) is 6.92 Å². The second-order valence-electron chi connectivity index (χ2n) is 6.67. The van der Waals surface area contributed by atoms with Gasteiger partial charge in [0.05, 0.1) is 5.56 Å². The molecule has 0 radical (unpaired) electrons. The van der Waals surface area contributed by atoms with Crippen molar-refractivity contribution >= 4 is 17.2 Å². The van der Waals surface area contributed by atoms with E-state index in [2.05, 4.69) is 24.1 Å². The topological polar surface area (TPSA) is 37.3 Å². The molecular formula is C19H27N3OS. The van der Waals surface area contributed by atoms with Crippen molar-refractivity contribution in [3.63, 3.8) is 0 Å². The Kier molecular flexibility index (Phi) is 5.41. The third kappa shape index (κ3) is 3.57. The maximum absolute atomic E-state index is 12.9. The zero-order chi connectivity index (χ0) is 17.1. The molecule has 2 aromatic rings. The lowest BCUT2D eigenvalue weighted by molar-refractivity contribution is 0.0933. The van der Waals surface area contributed by atoms with Crippen LogP contribution >= 0.6 is 11.3 Å². The third-order valence-corrected chi connectivity index (χ3v) is 6.26. The van der Waals surface area contributed by atoms with Gasteiger partial charge in [0.2, 0.25) is 0 Å². The highest BCUT2D eigenvalue weighted by atomic mass is 32.1. The predicted molar refractivity (Wildman–Crippen MR) is 100 cm³/mol. The molecule has 24 heavy (non-hydrogen) atoms. The molecule has 0 bridgehead atoms. The number of amides is 1. The Balaban J connectivity index is 1.71. The fraction of sp³-hybridized carbons (Fsp3) is 0.526. The van der Waals surface area contributed by atoms with Crippen molar-refractivity contribution in [2.24, 2.45) is 5.92 Å². The molecule has 1 fully saturated rings. The number of nitrogens with zero attached hydrogens (tertiary/aromatic N) is 2. The van der Waals surface area contributed by atoms with Gasteiger partial charge in [-0.15, -0.1) is 11.3 Å². The highest BCUT2D eigenvalue weighted by Crippen LogP contribution is 2.31. The number of nitrogens with one attached hydrogen (secondary N) is 1. The summed E-state index contributed by atoms with van der Waals surface area (Å²) in [6.45, 7) is 10.5. The van der Waals surface area contributed by atoms with Gasteiger partial charge in [0.1, 0.15) is 5.00 Å². The summed E-state index contributed by atoms with van der Waals surface area (Å²) in [5.41, 5.74) is 1.93. The van der Waals surface area contributed by atoms with Crippen molar-refractivity contribution in [1.29, 1.82) is 0 Å². The van der Waals surface area contributed by atoms with Gasteiger partial charge in [0.15, 0.2) is 0 Å². The van der Waals surface area contributed by atoms with Crippen LogP contribution in [-0.2, 0) is 0 Å². The molecule has 3 heterocycles. The zero-order valence-corrected chi connectivity index (χ0v) is 15.7. The minimum atomic E-state index is 0.0640. The Morgan fingerprint density at radius 2 is 2.08 bits per heavy atom. The van der Waals surface area contributed by atoms with Crippen LogP contribution in [0.25, 0.3) is 5.00 Å². The molecule has 1 saturated heterocycles. The van der Waals surface area contributed by atoms with E-state index in [4.69, 9.17) is 0 Å². The molecule has 0 spiro atoms. The summed E-state index contributed by atoms with van der Waals surface area (Å²) in [7, 11) is 0. The second-order valence-corrected chi connectivity index (χ2v) is 7.87. The molecule has 1 N–H and O–H groups in total. The maximum atomic E-state index is 12.9. The van der Waals surface area contributed by atoms with Crippen LogP contribution in [0.4, 0.5) is 0 Å². The first-order valence-electron chi connectivity index (χ1n) is 8.84. The van der Waals surface area contributed by atoms with E-state index in [1.165, 1.54) is 24.3 Å². The van der Waals surface area contributed by atoms with Crippen molar-refractivity contribution in [2.45, 2.75) is 33.6 Å². The highest BCUT2D eigenvalue weighted by molar-refractivity contribution is 7.15. The molecule has 130 valence electrons. The molecule has 0 saturated carbocycles. The van der Waals surface area contributed by atoms with Crippen LogP contribution in [0.1, 0.15) is 40.6 Å². The standard InChI is InChI=1S/C19H27N3OS/c1-4-21-9-7-8-16(13-21)12-20-18(23)17-14(2)15(3)24-19(17)22-10-5-6-11-22/h5-6,10-11,16H,4,7-9,12-13H2,1-3H3,(H,20,23). The third-order valence-electron chi connectivity index (χ3n) is 5.03. The summed E-state index contributed by atoms with van der Waals surface area (Å²) in [5.74, 6) is 0.631. The minimum Gasteiger partial charge on any atom is -0.352 e. The number of aromatic nitrogens is 1. The van der Waals surface area contributed by atoms with Gasteiger partial charge >= 0.3 is 0 Å². The summed E-state index contributed by atoms with van der Waals surface area (Å²) in [6, 6.07) is 3.99. The number of aryl methyl sites for hydroxylation is 1. The lowest BCUT2D eigenvalue weighted by Gasteiger charge is -2.31. The normalized spacial score (nSPS) is 18.7. The highest BCUT2D eigenvalue weighted by Gasteiger charge is 2.23. The smallest absolute Gasteiger partial charge is 0.254 e. The lowest BCUT2D eigenvalue weighted by atomic mass is 9.98. The number of rotatable bonds is 5. The van der Waals surface area contributed by atoms with E-state index in [0.717, 1.165) is 35.8 Å². The SMILES string of the molecule is CCN1CCCC(CNC(=O)c2c(-n3cccc3)sc(C)c2C)C1. The number of hydrogen-bond acceptors (Lipinski definition) is 3. The number of thiophene rings is 1. The van der Waals surface area contributed by atoms with Crippen molar-refractivity contribution in [1.82, 2.24) is 14.8 Å². The number of likely N-dealkylation sites (tertiary alicyclic amines) is 1. The number of carbonyl (C=O) groups excluding carboxylic acids is 1. The van der Waals surface area contributed by atoms with Crippen LogP contribution in [-0.4, -0.2) is 41.6 Å². The van der Waals surface area contributed by atoms with Gasteiger partial charge < -0.3 is 14.8 Å². The summed E-state index contributed by atoms with van der Waals surface area (Å²) >= 11 is 1.69. The summed E-state index contributed by atoms with van der Waals surface area (Å²) in [4.78, 5) is 16.5. The minimum absolute atomic E-state index is 0.0640. The number of hydrogen-bond donors (Lipinski definition) is 1. The van der Waals surface area contributed by atoms with Crippen molar-refractivity contribution in [3.05, 3.63) is 40.5 Å². The molecule has 5 heteroatoms. The van der Waals surface area contributed by atoms with E-state index in [9.17, 15) is 4.79 Å². The maximum Gasteiger partial charge on any atom is 0.254 e. The lowest BCUT2D eigenvalue weighted by Crippen LogP contribution is -2.40. The molecule has 1 aliphatic heterocycles.